The van der Waals surface area contributed by atoms with Crippen molar-refractivity contribution in [3.8, 4) is 0 Å². The second-order valence-corrected chi connectivity index (χ2v) is 2.50. The second-order valence-electron chi connectivity index (χ2n) is 2.50. The highest BCUT2D eigenvalue weighted by molar-refractivity contribution is 5.85. The van der Waals surface area contributed by atoms with Gasteiger partial charge in [-0.25, -0.2) is 0 Å². The predicted molar refractivity (Wildman–Crippen MR) is 57.1 cm³/mol. The summed E-state index contributed by atoms with van der Waals surface area (Å²) in [4.78, 5) is 10.7. The third kappa shape index (κ3) is 3.95. The molecule has 1 aromatic rings. The third-order valence-electron chi connectivity index (χ3n) is 1.68. The molecular formula is C7H13Cl2N3O2. The highest BCUT2D eigenvalue weighted by Gasteiger charge is 2.19. The number of nitrogens with one attached hydrogen (secondary N) is 1. The lowest BCUT2D eigenvalue weighted by Crippen LogP contribution is -2.15. The van der Waals surface area contributed by atoms with Crippen LogP contribution in [0.15, 0.2) is 12.4 Å². The molecule has 1 heterocycles. The molecule has 7 heteroatoms. The number of hydrogen-bond acceptors (Lipinski definition) is 3. The molecule has 1 unspecified atom stereocenters. The Morgan fingerprint density at radius 1 is 1.64 bits per heavy atom. The molecule has 1 atom stereocenters. The van der Waals surface area contributed by atoms with E-state index >= 15 is 0 Å². The van der Waals surface area contributed by atoms with Gasteiger partial charge in [0.15, 0.2) is 0 Å². The summed E-state index contributed by atoms with van der Waals surface area (Å²) in [6.45, 7) is 0.363. The summed E-state index contributed by atoms with van der Waals surface area (Å²) in [5, 5.41) is 15.0. The molecule has 1 aromatic heterocycles. The molecule has 0 aliphatic rings. The highest BCUT2D eigenvalue weighted by Crippen LogP contribution is 2.17. The van der Waals surface area contributed by atoms with E-state index in [0.29, 0.717) is 18.5 Å². The molecule has 4 N–H and O–H groups in total. The van der Waals surface area contributed by atoms with Gasteiger partial charge in [-0.2, -0.15) is 5.10 Å². The SMILES string of the molecule is Cl.Cl.NCCC(C(=O)O)c1cn[nH]c1. The van der Waals surface area contributed by atoms with Crippen LogP contribution in [0.1, 0.15) is 17.9 Å². The van der Waals surface area contributed by atoms with E-state index in [0.717, 1.165) is 0 Å². The third-order valence-corrected chi connectivity index (χ3v) is 1.68. The predicted octanol–water partition coefficient (Wildman–Crippen LogP) is 0.770. The van der Waals surface area contributed by atoms with Crippen molar-refractivity contribution in [2.75, 3.05) is 6.54 Å². The maximum atomic E-state index is 10.7. The van der Waals surface area contributed by atoms with E-state index in [1.54, 1.807) is 6.20 Å². The van der Waals surface area contributed by atoms with E-state index in [2.05, 4.69) is 10.2 Å². The van der Waals surface area contributed by atoms with Gasteiger partial charge in [0.25, 0.3) is 0 Å². The van der Waals surface area contributed by atoms with Crippen LogP contribution in [-0.4, -0.2) is 27.8 Å². The van der Waals surface area contributed by atoms with Crippen molar-refractivity contribution >= 4 is 30.8 Å². The summed E-state index contributed by atoms with van der Waals surface area (Å²) in [5.41, 5.74) is 5.95. The number of rotatable bonds is 4. The van der Waals surface area contributed by atoms with E-state index in [1.807, 2.05) is 0 Å². The molecule has 5 nitrogen and oxygen atoms in total. The summed E-state index contributed by atoms with van der Waals surface area (Å²) in [5.74, 6) is -1.39. The molecule has 0 bridgehead atoms. The van der Waals surface area contributed by atoms with Gasteiger partial charge in [0.05, 0.1) is 12.1 Å². The lowest BCUT2D eigenvalue weighted by molar-refractivity contribution is -0.138. The number of carboxylic acids is 1. The molecule has 0 amide bonds. The Morgan fingerprint density at radius 3 is 2.64 bits per heavy atom. The zero-order chi connectivity index (χ0) is 8.97. The van der Waals surface area contributed by atoms with Crippen LogP contribution in [0.5, 0.6) is 0 Å². The molecular weight excluding hydrogens is 229 g/mol. The average molecular weight is 242 g/mol. The molecule has 0 aliphatic carbocycles. The average Bonchev–Trinajstić information content (AvgIpc) is 2.51. The molecule has 0 saturated heterocycles. The number of nitrogens with zero attached hydrogens (tertiary/aromatic N) is 1. The van der Waals surface area contributed by atoms with Crippen molar-refractivity contribution in [3.05, 3.63) is 18.0 Å². The van der Waals surface area contributed by atoms with Gasteiger partial charge in [-0.3, -0.25) is 9.89 Å². The van der Waals surface area contributed by atoms with E-state index in [1.165, 1.54) is 6.20 Å². The molecule has 0 spiro atoms. The fourth-order valence-electron chi connectivity index (χ4n) is 1.05. The number of halogens is 2. The van der Waals surface area contributed by atoms with Crippen LogP contribution in [0.4, 0.5) is 0 Å². The fraction of sp³-hybridized carbons (Fsp3) is 0.429. The maximum Gasteiger partial charge on any atom is 0.311 e. The van der Waals surface area contributed by atoms with Crippen molar-refractivity contribution in [2.24, 2.45) is 5.73 Å². The van der Waals surface area contributed by atoms with Crippen LogP contribution in [-0.2, 0) is 4.79 Å². The number of carbonyl (C=O) groups is 1. The van der Waals surface area contributed by atoms with E-state index in [-0.39, 0.29) is 24.8 Å². The first kappa shape index (κ1) is 15.7. The van der Waals surface area contributed by atoms with Crippen LogP contribution in [0.2, 0.25) is 0 Å². The summed E-state index contributed by atoms with van der Waals surface area (Å²) in [6.07, 6.45) is 3.53. The zero-order valence-corrected chi connectivity index (χ0v) is 8.98. The lowest BCUT2D eigenvalue weighted by Gasteiger charge is -2.06. The first-order valence-corrected chi connectivity index (χ1v) is 3.67. The van der Waals surface area contributed by atoms with Gasteiger partial charge in [0.2, 0.25) is 0 Å². The Balaban J connectivity index is 0. The van der Waals surface area contributed by atoms with Gasteiger partial charge >= 0.3 is 5.97 Å². The number of hydrogen-bond donors (Lipinski definition) is 3. The minimum atomic E-state index is -0.859. The van der Waals surface area contributed by atoms with Gasteiger partial charge in [0, 0.05) is 11.8 Å². The zero-order valence-electron chi connectivity index (χ0n) is 7.34. The Hall–Kier alpha value is -0.780. The maximum absolute atomic E-state index is 10.7. The molecule has 82 valence electrons. The minimum Gasteiger partial charge on any atom is -0.481 e. The van der Waals surface area contributed by atoms with Gasteiger partial charge < -0.3 is 10.8 Å². The molecule has 0 aliphatic heterocycles. The lowest BCUT2D eigenvalue weighted by atomic mass is 9.99. The van der Waals surface area contributed by atoms with Gasteiger partial charge in [0.1, 0.15) is 0 Å². The van der Waals surface area contributed by atoms with Crippen LogP contribution in [0.3, 0.4) is 0 Å². The second kappa shape index (κ2) is 7.61. The van der Waals surface area contributed by atoms with Crippen molar-refractivity contribution < 1.29 is 9.90 Å². The summed E-state index contributed by atoms with van der Waals surface area (Å²) >= 11 is 0. The highest BCUT2D eigenvalue weighted by atomic mass is 35.5. The Morgan fingerprint density at radius 2 is 2.29 bits per heavy atom. The van der Waals surface area contributed by atoms with Crippen LogP contribution >= 0.6 is 24.8 Å². The fourth-order valence-corrected chi connectivity index (χ4v) is 1.05. The number of aliphatic carboxylic acids is 1. The Bertz CT molecular complexity index is 253. The van der Waals surface area contributed by atoms with E-state index in [4.69, 9.17) is 10.8 Å². The number of nitrogens with two attached hydrogens (primary N) is 1. The first-order chi connectivity index (χ1) is 5.75. The normalized spacial score (nSPS) is 10.9. The summed E-state index contributed by atoms with van der Waals surface area (Å²) in [7, 11) is 0. The van der Waals surface area contributed by atoms with Crippen molar-refractivity contribution in [3.63, 3.8) is 0 Å². The minimum absolute atomic E-state index is 0. The molecule has 0 radical (unpaired) electrons. The van der Waals surface area contributed by atoms with E-state index in [9.17, 15) is 4.79 Å². The molecule has 1 rings (SSSR count). The molecule has 0 fully saturated rings. The van der Waals surface area contributed by atoms with Crippen molar-refractivity contribution in [1.82, 2.24) is 10.2 Å². The monoisotopic (exact) mass is 241 g/mol. The van der Waals surface area contributed by atoms with Crippen LogP contribution in [0, 0.1) is 0 Å². The van der Waals surface area contributed by atoms with Crippen LogP contribution in [0.25, 0.3) is 0 Å². The van der Waals surface area contributed by atoms with Gasteiger partial charge in [-0.15, -0.1) is 24.8 Å². The van der Waals surface area contributed by atoms with Gasteiger partial charge in [-0.1, -0.05) is 0 Å². The summed E-state index contributed by atoms with van der Waals surface area (Å²) < 4.78 is 0. The molecule has 0 aromatic carbocycles. The molecule has 0 saturated carbocycles. The summed E-state index contributed by atoms with van der Waals surface area (Å²) in [6, 6.07) is 0. The number of H-pyrrole nitrogens is 1. The largest absolute Gasteiger partial charge is 0.481 e. The molecule has 14 heavy (non-hydrogen) atoms. The van der Waals surface area contributed by atoms with Crippen LogP contribution < -0.4 is 5.73 Å². The Labute approximate surface area is 93.9 Å². The van der Waals surface area contributed by atoms with Gasteiger partial charge in [-0.05, 0) is 13.0 Å². The van der Waals surface area contributed by atoms with Crippen molar-refractivity contribution in [1.29, 1.82) is 0 Å². The number of aromatic amines is 1. The standard InChI is InChI=1S/C7H11N3O2.2ClH/c8-2-1-6(7(11)12)5-3-9-10-4-5;;/h3-4,6H,1-2,8H2,(H,9,10)(H,11,12);2*1H. The Kier molecular flexibility index (Phi) is 8.52. The smallest absolute Gasteiger partial charge is 0.311 e. The van der Waals surface area contributed by atoms with Crippen molar-refractivity contribution in [2.45, 2.75) is 12.3 Å². The topological polar surface area (TPSA) is 92.0 Å². The number of aromatic nitrogens is 2. The van der Waals surface area contributed by atoms with E-state index < -0.39 is 11.9 Å². The quantitative estimate of drug-likeness (QED) is 0.727. The number of carboxylic acid groups (broad SMARTS) is 1. The first-order valence-electron chi connectivity index (χ1n) is 3.67.